The van der Waals surface area contributed by atoms with Gasteiger partial charge in [-0.2, -0.15) is 8.42 Å². The van der Waals surface area contributed by atoms with E-state index in [1.54, 1.807) is 24.3 Å². The SMILES string of the molecule is O=S(=O)(Nc1cccc(Br)c1)c1ccc(CO)o1. The Morgan fingerprint density at radius 3 is 2.67 bits per heavy atom. The van der Waals surface area contributed by atoms with E-state index >= 15 is 0 Å². The first-order chi connectivity index (χ1) is 8.51. The zero-order chi connectivity index (χ0) is 13.2. The number of aliphatic hydroxyl groups is 1. The second-order valence-corrected chi connectivity index (χ2v) is 6.02. The van der Waals surface area contributed by atoms with Crippen LogP contribution in [0.5, 0.6) is 0 Å². The lowest BCUT2D eigenvalue weighted by Gasteiger charge is -2.05. The fourth-order valence-electron chi connectivity index (χ4n) is 1.35. The molecule has 2 rings (SSSR count). The van der Waals surface area contributed by atoms with Crippen LogP contribution in [0.4, 0.5) is 5.69 Å². The summed E-state index contributed by atoms with van der Waals surface area (Å²) in [5.41, 5.74) is 0.423. The summed E-state index contributed by atoms with van der Waals surface area (Å²) in [7, 11) is -3.77. The molecule has 2 N–H and O–H groups in total. The van der Waals surface area contributed by atoms with Crippen LogP contribution in [0.3, 0.4) is 0 Å². The molecule has 2 aromatic rings. The maximum absolute atomic E-state index is 11.9. The van der Waals surface area contributed by atoms with Crippen molar-refractivity contribution in [2.45, 2.75) is 11.7 Å². The summed E-state index contributed by atoms with van der Waals surface area (Å²) in [6, 6.07) is 9.46. The van der Waals surface area contributed by atoms with Crippen molar-refractivity contribution in [1.29, 1.82) is 0 Å². The molecule has 96 valence electrons. The summed E-state index contributed by atoms with van der Waals surface area (Å²) in [4.78, 5) is 0. The number of nitrogens with one attached hydrogen (secondary N) is 1. The normalized spacial score (nSPS) is 11.4. The topological polar surface area (TPSA) is 79.5 Å². The molecule has 0 bridgehead atoms. The van der Waals surface area contributed by atoms with Gasteiger partial charge in [0.2, 0.25) is 5.09 Å². The van der Waals surface area contributed by atoms with Gasteiger partial charge in [0, 0.05) is 4.47 Å². The lowest BCUT2D eigenvalue weighted by atomic mass is 10.3. The fraction of sp³-hybridized carbons (Fsp3) is 0.0909. The number of benzene rings is 1. The summed E-state index contributed by atoms with van der Waals surface area (Å²) < 4.78 is 32.0. The van der Waals surface area contributed by atoms with Crippen LogP contribution in [0, 0.1) is 0 Å². The largest absolute Gasteiger partial charge is 0.445 e. The van der Waals surface area contributed by atoms with Gasteiger partial charge in [0.1, 0.15) is 12.4 Å². The number of rotatable bonds is 4. The second kappa shape index (κ2) is 5.13. The number of furan rings is 1. The van der Waals surface area contributed by atoms with Gasteiger partial charge in [0.05, 0.1) is 5.69 Å². The quantitative estimate of drug-likeness (QED) is 0.901. The molecule has 0 aliphatic rings. The van der Waals surface area contributed by atoms with Crippen molar-refractivity contribution in [3.63, 3.8) is 0 Å². The van der Waals surface area contributed by atoms with Gasteiger partial charge in [0.25, 0.3) is 10.0 Å². The van der Waals surface area contributed by atoms with E-state index < -0.39 is 10.0 Å². The lowest BCUT2D eigenvalue weighted by Crippen LogP contribution is -2.12. The molecule has 18 heavy (non-hydrogen) atoms. The highest BCUT2D eigenvalue weighted by atomic mass is 79.9. The first-order valence-electron chi connectivity index (χ1n) is 4.99. The molecule has 0 aliphatic heterocycles. The van der Waals surface area contributed by atoms with E-state index in [-0.39, 0.29) is 17.5 Å². The molecule has 0 saturated heterocycles. The molecule has 1 heterocycles. The number of sulfonamides is 1. The van der Waals surface area contributed by atoms with Crippen molar-refractivity contribution in [3.8, 4) is 0 Å². The Bertz CT molecular complexity index is 651. The van der Waals surface area contributed by atoms with Crippen LogP contribution in [0.15, 0.2) is 50.4 Å². The van der Waals surface area contributed by atoms with Gasteiger partial charge in [-0.05, 0) is 30.3 Å². The molecular formula is C11H10BrNO4S. The molecule has 0 atom stereocenters. The lowest BCUT2D eigenvalue weighted by molar-refractivity contribution is 0.236. The molecule has 5 nitrogen and oxygen atoms in total. The number of anilines is 1. The first kappa shape index (κ1) is 13.1. The third-order valence-corrected chi connectivity index (χ3v) is 3.88. The van der Waals surface area contributed by atoms with E-state index in [1.165, 1.54) is 12.1 Å². The van der Waals surface area contributed by atoms with Gasteiger partial charge in [-0.25, -0.2) is 0 Å². The van der Waals surface area contributed by atoms with Gasteiger partial charge in [-0.3, -0.25) is 4.72 Å². The molecule has 7 heteroatoms. The van der Waals surface area contributed by atoms with Crippen LogP contribution in [0.1, 0.15) is 5.76 Å². The van der Waals surface area contributed by atoms with Gasteiger partial charge in [0.15, 0.2) is 0 Å². The van der Waals surface area contributed by atoms with Crippen molar-refractivity contribution in [2.75, 3.05) is 4.72 Å². The molecular weight excluding hydrogens is 322 g/mol. The molecule has 0 spiro atoms. The van der Waals surface area contributed by atoms with Crippen molar-refractivity contribution < 1.29 is 17.9 Å². The zero-order valence-corrected chi connectivity index (χ0v) is 11.5. The predicted molar refractivity (Wildman–Crippen MR) is 69.6 cm³/mol. The molecule has 1 aromatic heterocycles. The molecule has 0 radical (unpaired) electrons. The van der Waals surface area contributed by atoms with Gasteiger partial charge < -0.3 is 9.52 Å². The van der Waals surface area contributed by atoms with Gasteiger partial charge >= 0.3 is 0 Å². The van der Waals surface area contributed by atoms with Crippen molar-refractivity contribution in [1.82, 2.24) is 0 Å². The van der Waals surface area contributed by atoms with E-state index in [9.17, 15) is 8.42 Å². The average molecular weight is 332 g/mol. The van der Waals surface area contributed by atoms with E-state index in [0.29, 0.717) is 5.69 Å². The predicted octanol–water partition coefficient (Wildman–Crippen LogP) is 2.34. The van der Waals surface area contributed by atoms with Crippen molar-refractivity contribution >= 4 is 31.6 Å². The van der Waals surface area contributed by atoms with Gasteiger partial charge in [-0.15, -0.1) is 0 Å². The number of halogens is 1. The Morgan fingerprint density at radius 1 is 1.28 bits per heavy atom. The minimum Gasteiger partial charge on any atom is -0.445 e. The van der Waals surface area contributed by atoms with E-state index in [0.717, 1.165) is 4.47 Å². The second-order valence-electron chi connectivity index (χ2n) is 3.49. The Kier molecular flexibility index (Phi) is 3.74. The fourth-order valence-corrected chi connectivity index (χ4v) is 2.75. The highest BCUT2D eigenvalue weighted by molar-refractivity contribution is 9.10. The zero-order valence-electron chi connectivity index (χ0n) is 9.13. The Morgan fingerprint density at radius 2 is 2.06 bits per heavy atom. The Hall–Kier alpha value is -1.31. The molecule has 1 aromatic carbocycles. The van der Waals surface area contributed by atoms with Crippen LogP contribution in [-0.4, -0.2) is 13.5 Å². The third-order valence-electron chi connectivity index (χ3n) is 2.13. The smallest absolute Gasteiger partial charge is 0.295 e. The van der Waals surface area contributed by atoms with E-state index in [2.05, 4.69) is 20.7 Å². The Labute approximate surface area is 113 Å². The monoisotopic (exact) mass is 331 g/mol. The summed E-state index contributed by atoms with van der Waals surface area (Å²) in [6.07, 6.45) is 0. The summed E-state index contributed by atoms with van der Waals surface area (Å²) in [5.74, 6) is 0.199. The maximum atomic E-state index is 11.9. The third kappa shape index (κ3) is 2.92. The van der Waals surface area contributed by atoms with Crippen LogP contribution in [0.25, 0.3) is 0 Å². The standard InChI is InChI=1S/C11H10BrNO4S/c12-8-2-1-3-9(6-8)13-18(15,16)11-5-4-10(7-14)17-11/h1-6,13-14H,7H2. The van der Waals surface area contributed by atoms with Crippen LogP contribution < -0.4 is 4.72 Å². The number of hydrogen-bond acceptors (Lipinski definition) is 4. The van der Waals surface area contributed by atoms with E-state index in [1.807, 2.05) is 0 Å². The van der Waals surface area contributed by atoms with Crippen molar-refractivity contribution in [3.05, 3.63) is 46.6 Å². The Balaban J connectivity index is 2.27. The summed E-state index contributed by atoms with van der Waals surface area (Å²) in [5, 5.41) is 8.60. The van der Waals surface area contributed by atoms with Crippen LogP contribution in [-0.2, 0) is 16.6 Å². The molecule has 0 unspecified atom stereocenters. The minimum absolute atomic E-state index is 0.199. The number of hydrogen-bond donors (Lipinski definition) is 2. The number of aliphatic hydroxyl groups excluding tert-OH is 1. The highest BCUT2D eigenvalue weighted by Crippen LogP contribution is 2.21. The molecule has 0 aliphatic carbocycles. The molecule has 0 saturated carbocycles. The van der Waals surface area contributed by atoms with Crippen molar-refractivity contribution in [2.24, 2.45) is 0 Å². The highest BCUT2D eigenvalue weighted by Gasteiger charge is 2.18. The molecule has 0 fully saturated rings. The first-order valence-corrected chi connectivity index (χ1v) is 7.27. The summed E-state index contributed by atoms with van der Waals surface area (Å²) >= 11 is 3.25. The van der Waals surface area contributed by atoms with Crippen LogP contribution >= 0.6 is 15.9 Å². The minimum atomic E-state index is -3.77. The summed E-state index contributed by atoms with van der Waals surface area (Å²) in [6.45, 7) is -0.341. The van der Waals surface area contributed by atoms with E-state index in [4.69, 9.17) is 9.52 Å². The van der Waals surface area contributed by atoms with Crippen LogP contribution in [0.2, 0.25) is 0 Å². The average Bonchev–Trinajstić information content (AvgIpc) is 2.77. The molecule has 0 amide bonds. The maximum Gasteiger partial charge on any atom is 0.295 e. The van der Waals surface area contributed by atoms with Gasteiger partial charge in [-0.1, -0.05) is 22.0 Å².